The van der Waals surface area contributed by atoms with E-state index >= 15 is 0 Å². The number of benzene rings is 1. The van der Waals surface area contributed by atoms with Crippen LogP contribution in [0, 0.1) is 21.4 Å². The number of guanidine groups is 1. The summed E-state index contributed by atoms with van der Waals surface area (Å²) in [6, 6.07) is 0.275. The molecule has 18 nitrogen and oxygen atoms in total. The Balaban J connectivity index is 3.05. The molecule has 1 rings (SSSR count). The van der Waals surface area contributed by atoms with Crippen LogP contribution in [-0.2, 0) is 28.8 Å². The Hall–Kier alpha value is -5.29. The van der Waals surface area contributed by atoms with E-state index in [-0.39, 0.29) is 49.1 Å². The van der Waals surface area contributed by atoms with Gasteiger partial charge in [0.2, 0.25) is 29.5 Å². The topological polar surface area (TPSA) is 288 Å². The third-order valence-corrected chi connectivity index (χ3v) is 6.85. The number of carboxylic acid groups (broad SMARTS) is 1. The van der Waals surface area contributed by atoms with Gasteiger partial charge >= 0.3 is 5.97 Å². The van der Waals surface area contributed by atoms with Crippen molar-refractivity contribution < 1.29 is 38.8 Å². The molecule has 5 amide bonds. The van der Waals surface area contributed by atoms with Crippen LogP contribution in [0.15, 0.2) is 24.3 Å². The van der Waals surface area contributed by atoms with Crippen LogP contribution in [0.25, 0.3) is 0 Å². The minimum absolute atomic E-state index is 0.0724. The molecule has 0 saturated carbocycles. The summed E-state index contributed by atoms with van der Waals surface area (Å²) in [5.41, 5.74) is 5.32. The first kappa shape index (κ1) is 38.7. The van der Waals surface area contributed by atoms with E-state index in [0.29, 0.717) is 6.42 Å². The number of nitro benzene ring substituents is 1. The molecule has 0 radical (unpaired) electrons. The summed E-state index contributed by atoms with van der Waals surface area (Å²) >= 11 is 0. The summed E-state index contributed by atoms with van der Waals surface area (Å²) < 4.78 is 0. The number of nitrogens with two attached hydrogens (primary N) is 1. The van der Waals surface area contributed by atoms with Crippen LogP contribution in [0.2, 0.25) is 0 Å². The smallest absolute Gasteiger partial charge is 0.303 e. The second kappa shape index (κ2) is 19.2. The van der Waals surface area contributed by atoms with Gasteiger partial charge in [0.05, 0.1) is 4.92 Å². The van der Waals surface area contributed by atoms with E-state index in [1.807, 2.05) is 0 Å². The van der Waals surface area contributed by atoms with Crippen molar-refractivity contribution >= 4 is 52.8 Å². The van der Waals surface area contributed by atoms with E-state index < -0.39 is 71.0 Å². The lowest BCUT2D eigenvalue weighted by Gasteiger charge is -2.27. The molecule has 46 heavy (non-hydrogen) atoms. The number of aliphatic carboxylic acids is 1. The highest BCUT2D eigenvalue weighted by Crippen LogP contribution is 2.16. The van der Waals surface area contributed by atoms with Gasteiger partial charge in [-0.3, -0.25) is 44.3 Å². The van der Waals surface area contributed by atoms with Gasteiger partial charge in [-0.15, -0.1) is 0 Å². The number of nitro groups is 1. The molecule has 0 aliphatic carbocycles. The van der Waals surface area contributed by atoms with E-state index in [9.17, 15) is 38.9 Å². The highest BCUT2D eigenvalue weighted by molar-refractivity contribution is 5.99. The Morgan fingerprint density at radius 1 is 0.913 bits per heavy atom. The highest BCUT2D eigenvalue weighted by atomic mass is 16.6. The fourth-order valence-electron chi connectivity index (χ4n) is 4.09. The van der Waals surface area contributed by atoms with Crippen molar-refractivity contribution in [3.05, 3.63) is 34.4 Å². The number of carbonyl (C=O) groups excluding carboxylic acids is 5. The minimum atomic E-state index is -1.36. The number of nitrogens with one attached hydrogen (secondary N) is 7. The van der Waals surface area contributed by atoms with Crippen LogP contribution in [0.3, 0.4) is 0 Å². The van der Waals surface area contributed by atoms with Gasteiger partial charge in [0.25, 0.3) is 5.69 Å². The second-order valence-electron chi connectivity index (χ2n) is 10.6. The van der Waals surface area contributed by atoms with E-state index in [2.05, 4.69) is 31.9 Å². The average Bonchev–Trinajstić information content (AvgIpc) is 2.98. The number of nitrogens with zero attached hydrogens (tertiary/aromatic N) is 1. The van der Waals surface area contributed by atoms with E-state index in [0.717, 1.165) is 0 Å². The number of carboxylic acids is 1. The largest absolute Gasteiger partial charge is 0.481 e. The molecule has 0 saturated heterocycles. The third-order valence-electron chi connectivity index (χ3n) is 6.85. The minimum Gasteiger partial charge on any atom is -0.481 e. The number of carbonyl (C=O) groups is 6. The molecule has 0 aliphatic rings. The molecule has 10 N–H and O–H groups in total. The van der Waals surface area contributed by atoms with Gasteiger partial charge in [-0.2, -0.15) is 0 Å². The van der Waals surface area contributed by atoms with Crippen molar-refractivity contribution in [1.29, 1.82) is 5.41 Å². The number of hydrogen-bond acceptors (Lipinski definition) is 9. The van der Waals surface area contributed by atoms with Gasteiger partial charge in [-0.25, -0.2) is 0 Å². The molecule has 0 aromatic heterocycles. The predicted molar refractivity (Wildman–Crippen MR) is 166 cm³/mol. The fraction of sp³-hybridized carbons (Fsp3) is 0.536. The number of non-ortho nitro benzene ring substituents is 1. The zero-order valence-electron chi connectivity index (χ0n) is 26.2. The normalized spacial score (nSPS) is 13.8. The molecule has 1 aromatic carbocycles. The lowest BCUT2D eigenvalue weighted by Crippen LogP contribution is -2.58. The molecule has 254 valence electrons. The molecule has 1 aromatic rings. The van der Waals surface area contributed by atoms with Crippen LogP contribution >= 0.6 is 0 Å². The van der Waals surface area contributed by atoms with Gasteiger partial charge in [0.15, 0.2) is 5.96 Å². The van der Waals surface area contributed by atoms with Crippen LogP contribution in [0.1, 0.15) is 59.8 Å². The van der Waals surface area contributed by atoms with Crippen LogP contribution in [0.4, 0.5) is 11.4 Å². The quantitative estimate of drug-likeness (QED) is 0.0308. The first-order valence-corrected chi connectivity index (χ1v) is 14.6. The van der Waals surface area contributed by atoms with E-state index in [4.69, 9.17) is 16.2 Å². The van der Waals surface area contributed by atoms with Crippen molar-refractivity contribution in [2.45, 2.75) is 84.0 Å². The zero-order valence-corrected chi connectivity index (χ0v) is 26.2. The second-order valence-corrected chi connectivity index (χ2v) is 10.6. The van der Waals surface area contributed by atoms with Gasteiger partial charge < -0.3 is 42.7 Å². The average molecular weight is 650 g/mol. The Morgan fingerprint density at radius 2 is 1.50 bits per heavy atom. The van der Waals surface area contributed by atoms with Crippen LogP contribution in [0.5, 0.6) is 0 Å². The SMILES string of the molecule is CC[C@H](C)[C@H](NC(C)=O)C(=O)N[C@@H](CCC(=O)O)C(=O)N[C@@H](C)C(=O)N[C@@H](CCCNC(=N)N)C(=O)Nc1ccc([N+](=O)[O-])cc1. The summed E-state index contributed by atoms with van der Waals surface area (Å²) in [6.07, 6.45) is 0.0897. The highest BCUT2D eigenvalue weighted by Gasteiger charge is 2.31. The first-order chi connectivity index (χ1) is 21.5. The van der Waals surface area contributed by atoms with Crippen molar-refractivity contribution in [2.24, 2.45) is 11.7 Å². The fourth-order valence-corrected chi connectivity index (χ4v) is 4.09. The standard InChI is InChI=1S/C28H43N9O9/c1-5-15(2)23(33-17(4)38)27(44)36-21(12-13-22(39)40)25(42)32-16(3)24(41)35-20(7-6-14-31-28(29)30)26(43)34-18-8-10-19(11-9-18)37(45)46/h8-11,15-16,20-21,23H,5-7,12-14H2,1-4H3,(H,32,42)(H,33,38)(H,34,43)(H,35,41)(H,36,44)(H,39,40)(H4,29,30,31)/t15-,16-,20-,21-,23-/m0/s1. The Morgan fingerprint density at radius 3 is 2.02 bits per heavy atom. The molecule has 0 unspecified atom stereocenters. The van der Waals surface area contributed by atoms with Crippen LogP contribution in [-0.4, -0.2) is 82.2 Å². The van der Waals surface area contributed by atoms with Crippen molar-refractivity contribution in [3.63, 3.8) is 0 Å². The molecule has 5 atom stereocenters. The number of anilines is 1. The van der Waals surface area contributed by atoms with Crippen molar-refractivity contribution in [2.75, 3.05) is 11.9 Å². The number of amides is 5. The molecule has 0 fully saturated rings. The Bertz CT molecular complexity index is 1270. The van der Waals surface area contributed by atoms with E-state index in [1.165, 1.54) is 38.1 Å². The number of rotatable bonds is 19. The summed E-state index contributed by atoms with van der Waals surface area (Å²) in [6.45, 7) is 6.30. The maximum Gasteiger partial charge on any atom is 0.303 e. The molecule has 0 bridgehead atoms. The Labute approximate surface area is 265 Å². The van der Waals surface area contributed by atoms with Gasteiger partial charge in [0, 0.05) is 37.7 Å². The van der Waals surface area contributed by atoms with E-state index in [1.54, 1.807) is 13.8 Å². The molecule has 0 spiro atoms. The van der Waals surface area contributed by atoms with Gasteiger partial charge in [0.1, 0.15) is 24.2 Å². The number of hydrogen-bond donors (Lipinski definition) is 9. The predicted octanol–water partition coefficient (Wildman–Crippen LogP) is -0.314. The molecule has 0 aliphatic heterocycles. The van der Waals surface area contributed by atoms with Gasteiger partial charge in [-0.05, 0) is 44.2 Å². The summed E-state index contributed by atoms with van der Waals surface area (Å²) in [7, 11) is 0. The van der Waals surface area contributed by atoms with Gasteiger partial charge in [-0.1, -0.05) is 20.3 Å². The molecular formula is C28H43N9O9. The zero-order chi connectivity index (χ0) is 35.0. The summed E-state index contributed by atoms with van der Waals surface area (Å²) in [4.78, 5) is 85.5. The molecule has 0 heterocycles. The summed E-state index contributed by atoms with van der Waals surface area (Å²) in [5.74, 6) is -5.29. The lowest BCUT2D eigenvalue weighted by atomic mass is 9.97. The maximum atomic E-state index is 13.1. The van der Waals surface area contributed by atoms with Crippen molar-refractivity contribution in [3.8, 4) is 0 Å². The maximum absolute atomic E-state index is 13.1. The molecular weight excluding hydrogens is 606 g/mol. The third kappa shape index (κ3) is 14.0. The first-order valence-electron chi connectivity index (χ1n) is 14.6. The lowest BCUT2D eigenvalue weighted by molar-refractivity contribution is -0.384. The molecule has 18 heteroatoms. The summed E-state index contributed by atoms with van der Waals surface area (Å²) in [5, 5.41) is 42.5. The van der Waals surface area contributed by atoms with Crippen LogP contribution < -0.4 is 37.6 Å². The monoisotopic (exact) mass is 649 g/mol. The Kier molecular flexibility index (Phi) is 16.1. The van der Waals surface area contributed by atoms with Crippen molar-refractivity contribution in [1.82, 2.24) is 26.6 Å².